The zero-order chi connectivity index (χ0) is 12.8. The molecule has 3 nitrogen and oxygen atoms in total. The van der Waals surface area contributed by atoms with Crippen LogP contribution in [0.25, 0.3) is 0 Å². The van der Waals surface area contributed by atoms with Crippen molar-refractivity contribution in [1.82, 2.24) is 10.2 Å². The molecule has 1 aromatic rings. The number of nitrogens with one attached hydrogen (secondary N) is 1. The number of benzene rings is 1. The van der Waals surface area contributed by atoms with Crippen LogP contribution in [0, 0.1) is 5.92 Å². The highest BCUT2D eigenvalue weighted by Crippen LogP contribution is 2.23. The molecule has 0 aromatic heterocycles. The first-order chi connectivity index (χ1) is 8.83. The first-order valence-electron chi connectivity index (χ1n) is 6.82. The summed E-state index contributed by atoms with van der Waals surface area (Å²) in [6.07, 6.45) is 2.60. The van der Waals surface area contributed by atoms with Gasteiger partial charge in [-0.15, -0.1) is 0 Å². The van der Waals surface area contributed by atoms with Crippen molar-refractivity contribution in [3.8, 4) is 5.75 Å². The van der Waals surface area contributed by atoms with Crippen LogP contribution in [0.1, 0.15) is 18.4 Å². The number of para-hydroxylation sites is 1. The number of ether oxygens (including phenoxy) is 1. The Morgan fingerprint density at radius 3 is 2.67 bits per heavy atom. The van der Waals surface area contributed by atoms with E-state index in [0.29, 0.717) is 0 Å². The van der Waals surface area contributed by atoms with Crippen LogP contribution >= 0.6 is 0 Å². The van der Waals surface area contributed by atoms with Crippen molar-refractivity contribution >= 4 is 0 Å². The average molecular weight is 248 g/mol. The molecule has 18 heavy (non-hydrogen) atoms. The highest BCUT2D eigenvalue weighted by atomic mass is 16.5. The van der Waals surface area contributed by atoms with Crippen LogP contribution in [0.4, 0.5) is 0 Å². The van der Waals surface area contributed by atoms with Gasteiger partial charge in [-0.05, 0) is 51.5 Å². The molecule has 2 rings (SSSR count). The van der Waals surface area contributed by atoms with E-state index in [0.717, 1.165) is 24.8 Å². The number of methoxy groups -OCH3 is 1. The molecule has 100 valence electrons. The first-order valence-corrected chi connectivity index (χ1v) is 6.82. The van der Waals surface area contributed by atoms with Crippen LogP contribution in [0.15, 0.2) is 24.3 Å². The van der Waals surface area contributed by atoms with Crippen LogP contribution < -0.4 is 10.1 Å². The molecule has 1 N–H and O–H groups in total. The fourth-order valence-electron chi connectivity index (χ4n) is 2.71. The number of likely N-dealkylation sites (tertiary alicyclic amines) is 1. The van der Waals surface area contributed by atoms with Crippen molar-refractivity contribution in [2.75, 3.05) is 33.8 Å². The Kier molecular flexibility index (Phi) is 5.02. The van der Waals surface area contributed by atoms with Gasteiger partial charge in [0, 0.05) is 12.1 Å². The summed E-state index contributed by atoms with van der Waals surface area (Å²) in [7, 11) is 3.79. The Balaban J connectivity index is 1.87. The van der Waals surface area contributed by atoms with Crippen molar-refractivity contribution in [1.29, 1.82) is 0 Å². The minimum absolute atomic E-state index is 0.851. The summed E-state index contributed by atoms with van der Waals surface area (Å²) in [4.78, 5) is 2.53. The Morgan fingerprint density at radius 2 is 2.00 bits per heavy atom. The monoisotopic (exact) mass is 248 g/mol. The molecule has 0 saturated carbocycles. The summed E-state index contributed by atoms with van der Waals surface area (Å²) in [5.74, 6) is 1.86. The zero-order valence-corrected chi connectivity index (χ0v) is 11.5. The highest BCUT2D eigenvalue weighted by Gasteiger charge is 2.19. The van der Waals surface area contributed by atoms with Gasteiger partial charge in [-0.25, -0.2) is 0 Å². The fraction of sp³-hybridized carbons (Fsp3) is 0.600. The summed E-state index contributed by atoms with van der Waals surface area (Å²) in [6, 6.07) is 8.33. The summed E-state index contributed by atoms with van der Waals surface area (Å²) in [6.45, 7) is 4.56. The Labute approximate surface area is 110 Å². The van der Waals surface area contributed by atoms with Crippen molar-refractivity contribution in [3.63, 3.8) is 0 Å². The fourth-order valence-corrected chi connectivity index (χ4v) is 2.71. The number of hydrogen-bond donors (Lipinski definition) is 1. The van der Waals surface area contributed by atoms with E-state index in [-0.39, 0.29) is 0 Å². The topological polar surface area (TPSA) is 24.5 Å². The largest absolute Gasteiger partial charge is 0.496 e. The van der Waals surface area contributed by atoms with Crippen molar-refractivity contribution < 1.29 is 4.74 Å². The third kappa shape index (κ3) is 3.47. The number of piperidine rings is 1. The molecule has 1 aromatic carbocycles. The van der Waals surface area contributed by atoms with Gasteiger partial charge in [0.05, 0.1) is 7.11 Å². The molecule has 0 unspecified atom stereocenters. The van der Waals surface area contributed by atoms with Crippen molar-refractivity contribution in [3.05, 3.63) is 29.8 Å². The molecule has 0 bridgehead atoms. The van der Waals surface area contributed by atoms with E-state index < -0.39 is 0 Å². The molecule has 1 saturated heterocycles. The van der Waals surface area contributed by atoms with E-state index >= 15 is 0 Å². The summed E-state index contributed by atoms with van der Waals surface area (Å²) < 4.78 is 5.41. The number of hydrogen-bond acceptors (Lipinski definition) is 3. The number of rotatable bonds is 5. The van der Waals surface area contributed by atoms with Crippen LogP contribution in [-0.2, 0) is 6.54 Å². The summed E-state index contributed by atoms with van der Waals surface area (Å²) in [5, 5.41) is 3.28. The summed E-state index contributed by atoms with van der Waals surface area (Å²) >= 11 is 0. The lowest BCUT2D eigenvalue weighted by Gasteiger charge is -2.32. The van der Waals surface area contributed by atoms with Crippen LogP contribution in [0.5, 0.6) is 5.75 Å². The lowest BCUT2D eigenvalue weighted by molar-refractivity contribution is 0.175. The standard InChI is InChI=1S/C15H24N2O/c1-16-11-13-7-9-17(10-8-13)12-14-5-3-4-6-15(14)18-2/h3-6,13,16H,7-12H2,1-2H3. The second-order valence-corrected chi connectivity index (χ2v) is 5.09. The predicted octanol–water partition coefficient (Wildman–Crippen LogP) is 2.13. The first kappa shape index (κ1) is 13.4. The van der Waals surface area contributed by atoms with Gasteiger partial charge in [-0.1, -0.05) is 18.2 Å². The molecular weight excluding hydrogens is 224 g/mol. The molecule has 0 amide bonds. The minimum Gasteiger partial charge on any atom is -0.496 e. The molecular formula is C15H24N2O. The molecule has 3 heteroatoms. The predicted molar refractivity (Wildman–Crippen MR) is 74.9 cm³/mol. The maximum atomic E-state index is 5.41. The van der Waals surface area contributed by atoms with Crippen LogP contribution in [-0.4, -0.2) is 38.7 Å². The number of nitrogens with zero attached hydrogens (tertiary/aromatic N) is 1. The van der Waals surface area contributed by atoms with Gasteiger partial charge in [-0.3, -0.25) is 4.90 Å². The van der Waals surface area contributed by atoms with Gasteiger partial charge in [0.25, 0.3) is 0 Å². The Hall–Kier alpha value is -1.06. The molecule has 0 radical (unpaired) electrons. The summed E-state index contributed by atoms with van der Waals surface area (Å²) in [5.41, 5.74) is 1.30. The van der Waals surface area contributed by atoms with E-state index in [2.05, 4.69) is 22.3 Å². The van der Waals surface area contributed by atoms with Gasteiger partial charge in [0.2, 0.25) is 0 Å². The van der Waals surface area contributed by atoms with Gasteiger partial charge in [0.1, 0.15) is 5.75 Å². The van der Waals surface area contributed by atoms with E-state index in [4.69, 9.17) is 4.74 Å². The molecule has 1 heterocycles. The van der Waals surface area contributed by atoms with E-state index in [1.165, 1.54) is 31.5 Å². The van der Waals surface area contributed by atoms with Crippen LogP contribution in [0.3, 0.4) is 0 Å². The second-order valence-electron chi connectivity index (χ2n) is 5.09. The van der Waals surface area contributed by atoms with Crippen molar-refractivity contribution in [2.24, 2.45) is 5.92 Å². The molecule has 0 atom stereocenters. The van der Waals surface area contributed by atoms with E-state index in [9.17, 15) is 0 Å². The van der Waals surface area contributed by atoms with Crippen molar-refractivity contribution in [2.45, 2.75) is 19.4 Å². The van der Waals surface area contributed by atoms with Gasteiger partial charge >= 0.3 is 0 Å². The van der Waals surface area contributed by atoms with Crippen LogP contribution in [0.2, 0.25) is 0 Å². The Morgan fingerprint density at radius 1 is 1.28 bits per heavy atom. The third-order valence-corrected chi connectivity index (χ3v) is 3.79. The SMILES string of the molecule is CNCC1CCN(Cc2ccccc2OC)CC1. The van der Waals surface area contributed by atoms with Gasteiger partial charge in [-0.2, -0.15) is 0 Å². The maximum absolute atomic E-state index is 5.41. The maximum Gasteiger partial charge on any atom is 0.123 e. The second kappa shape index (κ2) is 6.76. The molecule has 1 aliphatic rings. The highest BCUT2D eigenvalue weighted by molar-refractivity contribution is 5.33. The Bertz CT molecular complexity index is 359. The third-order valence-electron chi connectivity index (χ3n) is 3.79. The lowest BCUT2D eigenvalue weighted by Crippen LogP contribution is -2.36. The normalized spacial score (nSPS) is 17.9. The van der Waals surface area contributed by atoms with Gasteiger partial charge in [0.15, 0.2) is 0 Å². The molecule has 1 aliphatic heterocycles. The zero-order valence-electron chi connectivity index (χ0n) is 11.5. The van der Waals surface area contributed by atoms with Gasteiger partial charge < -0.3 is 10.1 Å². The average Bonchev–Trinajstić information content (AvgIpc) is 2.42. The minimum atomic E-state index is 0.851. The molecule has 0 spiro atoms. The molecule has 0 aliphatic carbocycles. The smallest absolute Gasteiger partial charge is 0.123 e. The molecule has 1 fully saturated rings. The van der Waals surface area contributed by atoms with E-state index in [1.807, 2.05) is 19.2 Å². The lowest BCUT2D eigenvalue weighted by atomic mass is 9.96. The van der Waals surface area contributed by atoms with E-state index in [1.54, 1.807) is 7.11 Å². The quantitative estimate of drug-likeness (QED) is 0.864.